The monoisotopic (exact) mass is 71.1 g/mol. The molecule has 2 radical (unpaired) electrons. The molecule has 0 saturated heterocycles. The van der Waals surface area contributed by atoms with Gasteiger partial charge in [-0.05, 0) is 5.94 Å². The lowest BCUT2D eigenvalue weighted by atomic mass is 10.00. The maximum Gasteiger partial charge on any atom is 0.0934 e. The van der Waals surface area contributed by atoms with E-state index in [4.69, 9.17) is 18.7 Å². The van der Waals surface area contributed by atoms with E-state index in [1.807, 2.05) is 0 Å². The molecule has 0 aliphatic carbocycles. The Morgan fingerprint density at radius 1 is 2.00 bits per heavy atom. The van der Waals surface area contributed by atoms with Crippen molar-refractivity contribution in [1.29, 1.82) is 0 Å². The molecule has 0 amide bonds. The van der Waals surface area contributed by atoms with E-state index in [2.05, 4.69) is 0 Å². The second-order valence-electron chi connectivity index (χ2n) is 0.846. The summed E-state index contributed by atoms with van der Waals surface area (Å²) in [6, 6.07) is 0. The van der Waals surface area contributed by atoms with Gasteiger partial charge in [0.1, 0.15) is 0 Å². The zero-order chi connectivity index (χ0) is 4.28. The van der Waals surface area contributed by atoms with Crippen LogP contribution in [0.3, 0.4) is 0 Å². The molecule has 0 spiro atoms. The van der Waals surface area contributed by atoms with Crippen molar-refractivity contribution in [3.63, 3.8) is 0 Å². The third kappa shape index (κ3) is 3.98. The van der Waals surface area contributed by atoms with Gasteiger partial charge in [0.05, 0.1) is 7.85 Å². The van der Waals surface area contributed by atoms with Gasteiger partial charge in [0, 0.05) is 6.61 Å². The minimum absolute atomic E-state index is 0.139. The van der Waals surface area contributed by atoms with Crippen LogP contribution in [0.5, 0.6) is 0 Å². The number of hydrogen-bond donors (Lipinski definition) is 2. The molecule has 1 unspecified atom stereocenters. The number of aliphatic hydroxyl groups excluding tert-OH is 1. The fraction of sp³-hybridized carbons (Fsp3) is 1.00. The van der Waals surface area contributed by atoms with Crippen molar-refractivity contribution in [2.24, 2.45) is 5.73 Å². The Kier molecular flexibility index (Phi) is 2.23. The molecule has 5 heavy (non-hydrogen) atoms. The van der Waals surface area contributed by atoms with Crippen LogP contribution in [0, 0.1) is 0 Å². The Balaban J connectivity index is 2.54. The standard InChI is InChI=1S/C2H6BNO/c3-2(4)1-5/h2,5H,1,4H2. The second-order valence-corrected chi connectivity index (χ2v) is 0.846. The van der Waals surface area contributed by atoms with E-state index in [1.54, 1.807) is 0 Å². The minimum atomic E-state index is -0.560. The molecule has 0 bridgehead atoms. The maximum atomic E-state index is 7.89. The summed E-state index contributed by atoms with van der Waals surface area (Å²) in [6.45, 7) is -0.139. The largest absolute Gasteiger partial charge is 0.396 e. The van der Waals surface area contributed by atoms with Crippen LogP contribution in [0.2, 0.25) is 0 Å². The summed E-state index contributed by atoms with van der Waals surface area (Å²) in [6.07, 6.45) is 0. The van der Waals surface area contributed by atoms with Gasteiger partial charge in [0.25, 0.3) is 0 Å². The molecule has 0 aromatic carbocycles. The summed E-state index contributed by atoms with van der Waals surface area (Å²) in [5.74, 6) is -0.560. The molecule has 2 nitrogen and oxygen atoms in total. The Labute approximate surface area is 32.4 Å². The quantitative estimate of drug-likeness (QED) is 0.367. The van der Waals surface area contributed by atoms with E-state index in [0.29, 0.717) is 0 Å². The first kappa shape index (κ1) is 4.98. The molecule has 3 N–H and O–H groups in total. The molecule has 0 saturated carbocycles. The van der Waals surface area contributed by atoms with Gasteiger partial charge in [-0.25, -0.2) is 0 Å². The molecular weight excluding hydrogens is 64.8 g/mol. The lowest BCUT2D eigenvalue weighted by molar-refractivity contribution is 0.294. The van der Waals surface area contributed by atoms with Crippen LogP contribution in [-0.4, -0.2) is 25.5 Å². The number of nitrogens with two attached hydrogens (primary N) is 1. The van der Waals surface area contributed by atoms with Gasteiger partial charge < -0.3 is 10.8 Å². The second kappa shape index (κ2) is 2.24. The van der Waals surface area contributed by atoms with Crippen molar-refractivity contribution in [1.82, 2.24) is 0 Å². The van der Waals surface area contributed by atoms with Crippen LogP contribution < -0.4 is 5.73 Å². The highest BCUT2D eigenvalue weighted by Gasteiger charge is 1.81. The van der Waals surface area contributed by atoms with Crippen molar-refractivity contribution < 1.29 is 5.11 Å². The molecule has 3 heteroatoms. The summed E-state index contributed by atoms with van der Waals surface area (Å²) in [5, 5.41) is 7.89. The molecule has 0 rings (SSSR count). The summed E-state index contributed by atoms with van der Waals surface area (Å²) in [4.78, 5) is 0. The van der Waals surface area contributed by atoms with Crippen molar-refractivity contribution in [2.75, 3.05) is 6.61 Å². The fourth-order valence-electron chi connectivity index (χ4n) is 0. The molecule has 0 heterocycles. The first-order valence-electron chi connectivity index (χ1n) is 1.39. The topological polar surface area (TPSA) is 46.2 Å². The van der Waals surface area contributed by atoms with E-state index < -0.39 is 5.94 Å². The summed E-state index contributed by atoms with van der Waals surface area (Å²) >= 11 is 0. The van der Waals surface area contributed by atoms with E-state index in [9.17, 15) is 0 Å². The maximum absolute atomic E-state index is 7.89. The SMILES string of the molecule is [B]C(N)CO. The van der Waals surface area contributed by atoms with Crippen molar-refractivity contribution >= 4 is 7.85 Å². The minimum Gasteiger partial charge on any atom is -0.396 e. The number of hydrogen-bond acceptors (Lipinski definition) is 2. The summed E-state index contributed by atoms with van der Waals surface area (Å²) in [7, 11) is 4.82. The van der Waals surface area contributed by atoms with E-state index >= 15 is 0 Å². The van der Waals surface area contributed by atoms with Crippen molar-refractivity contribution in [3.05, 3.63) is 0 Å². The van der Waals surface area contributed by atoms with Crippen molar-refractivity contribution in [3.8, 4) is 0 Å². The number of rotatable bonds is 1. The predicted molar refractivity (Wildman–Crippen MR) is 20.8 cm³/mol. The highest BCUT2D eigenvalue weighted by atomic mass is 16.3. The Morgan fingerprint density at radius 3 is 2.20 bits per heavy atom. The Hall–Kier alpha value is -0.0151. The van der Waals surface area contributed by atoms with Crippen LogP contribution in [-0.2, 0) is 0 Å². The lowest BCUT2D eigenvalue weighted by Crippen LogP contribution is -2.23. The van der Waals surface area contributed by atoms with Gasteiger partial charge in [0.2, 0.25) is 0 Å². The summed E-state index contributed by atoms with van der Waals surface area (Å²) < 4.78 is 0. The van der Waals surface area contributed by atoms with Crippen LogP contribution in [0.25, 0.3) is 0 Å². The van der Waals surface area contributed by atoms with E-state index in [1.165, 1.54) is 0 Å². The van der Waals surface area contributed by atoms with Crippen LogP contribution in [0.4, 0.5) is 0 Å². The van der Waals surface area contributed by atoms with Gasteiger partial charge >= 0.3 is 0 Å². The molecule has 0 aromatic heterocycles. The normalized spacial score (nSPS) is 14.8. The lowest BCUT2D eigenvalue weighted by Gasteiger charge is -1.91. The van der Waals surface area contributed by atoms with Gasteiger partial charge in [-0.2, -0.15) is 0 Å². The molecule has 0 aliphatic heterocycles. The van der Waals surface area contributed by atoms with E-state index in [0.717, 1.165) is 0 Å². The van der Waals surface area contributed by atoms with E-state index in [-0.39, 0.29) is 6.61 Å². The molecule has 28 valence electrons. The Morgan fingerprint density at radius 2 is 2.20 bits per heavy atom. The number of aliphatic hydroxyl groups is 1. The van der Waals surface area contributed by atoms with Crippen LogP contribution in [0.15, 0.2) is 0 Å². The van der Waals surface area contributed by atoms with Gasteiger partial charge in [0.15, 0.2) is 0 Å². The van der Waals surface area contributed by atoms with Crippen LogP contribution in [0.1, 0.15) is 0 Å². The smallest absolute Gasteiger partial charge is 0.0934 e. The van der Waals surface area contributed by atoms with Crippen LogP contribution >= 0.6 is 0 Å². The molecule has 0 aromatic rings. The molecular formula is C2H6BNO. The molecule has 1 atom stereocenters. The fourth-order valence-corrected chi connectivity index (χ4v) is 0. The zero-order valence-electron chi connectivity index (χ0n) is 2.89. The first-order valence-corrected chi connectivity index (χ1v) is 1.39. The average molecular weight is 70.9 g/mol. The zero-order valence-corrected chi connectivity index (χ0v) is 2.89. The molecule has 0 fully saturated rings. The Bertz CT molecular complexity index is 23.6. The van der Waals surface area contributed by atoms with Gasteiger partial charge in [-0.3, -0.25) is 0 Å². The highest BCUT2D eigenvalue weighted by Crippen LogP contribution is 1.54. The van der Waals surface area contributed by atoms with Gasteiger partial charge in [-0.15, -0.1) is 0 Å². The third-order valence-electron chi connectivity index (χ3n) is 0.211. The van der Waals surface area contributed by atoms with Gasteiger partial charge in [-0.1, -0.05) is 0 Å². The molecule has 0 aliphatic rings. The highest BCUT2D eigenvalue weighted by molar-refractivity contribution is 6.11. The van der Waals surface area contributed by atoms with Crippen molar-refractivity contribution in [2.45, 2.75) is 5.94 Å². The average Bonchev–Trinajstić information content (AvgIpc) is 1.38. The predicted octanol–water partition coefficient (Wildman–Crippen LogP) is -1.57. The third-order valence-corrected chi connectivity index (χ3v) is 0.211. The first-order chi connectivity index (χ1) is 2.27. The summed E-state index contributed by atoms with van der Waals surface area (Å²) in [5.41, 5.74) is 4.82.